The standard InChI is InChI=1S/C14H18ClNOS2/c15-11-3-1-2-10-12(4-6-19-13(10)11)16-8-14(17)5-7-18-9-14/h1-3,12,16-17H,4-9H2. The fraction of sp³-hybridized carbons (Fsp3) is 0.571. The van der Waals surface area contributed by atoms with E-state index >= 15 is 0 Å². The van der Waals surface area contributed by atoms with Crippen LogP contribution in [0.25, 0.3) is 0 Å². The van der Waals surface area contributed by atoms with Crippen molar-refractivity contribution in [2.24, 2.45) is 0 Å². The van der Waals surface area contributed by atoms with Gasteiger partial charge in [0.15, 0.2) is 0 Å². The molecule has 1 aromatic rings. The molecule has 0 bridgehead atoms. The third kappa shape index (κ3) is 3.08. The molecule has 2 nitrogen and oxygen atoms in total. The van der Waals surface area contributed by atoms with E-state index in [4.69, 9.17) is 11.6 Å². The van der Waals surface area contributed by atoms with Crippen LogP contribution in [0.5, 0.6) is 0 Å². The van der Waals surface area contributed by atoms with Gasteiger partial charge in [-0.25, -0.2) is 0 Å². The van der Waals surface area contributed by atoms with E-state index in [1.165, 1.54) is 10.5 Å². The Morgan fingerprint density at radius 2 is 2.32 bits per heavy atom. The monoisotopic (exact) mass is 315 g/mol. The predicted molar refractivity (Wildman–Crippen MR) is 84.4 cm³/mol. The van der Waals surface area contributed by atoms with Crippen LogP contribution in [0.15, 0.2) is 23.1 Å². The molecule has 1 aromatic carbocycles. The summed E-state index contributed by atoms with van der Waals surface area (Å²) in [4.78, 5) is 1.21. The first-order chi connectivity index (χ1) is 9.18. The molecule has 0 radical (unpaired) electrons. The van der Waals surface area contributed by atoms with Gasteiger partial charge in [-0.2, -0.15) is 11.8 Å². The summed E-state index contributed by atoms with van der Waals surface area (Å²) >= 11 is 9.94. The molecular formula is C14H18ClNOS2. The zero-order valence-corrected chi connectivity index (χ0v) is 13.1. The van der Waals surface area contributed by atoms with Crippen LogP contribution in [-0.4, -0.2) is 34.5 Å². The Bertz CT molecular complexity index is 463. The molecule has 0 saturated carbocycles. The summed E-state index contributed by atoms with van der Waals surface area (Å²) in [6.07, 6.45) is 2.00. The number of benzene rings is 1. The zero-order valence-electron chi connectivity index (χ0n) is 10.7. The third-order valence-electron chi connectivity index (χ3n) is 3.79. The molecule has 1 saturated heterocycles. The summed E-state index contributed by atoms with van der Waals surface area (Å²) in [5.41, 5.74) is 0.770. The Kier molecular flexibility index (Phi) is 4.34. The molecule has 3 rings (SSSR count). The van der Waals surface area contributed by atoms with Crippen LogP contribution >= 0.6 is 35.1 Å². The van der Waals surface area contributed by atoms with Crippen molar-refractivity contribution >= 4 is 35.1 Å². The molecule has 2 N–H and O–H groups in total. The zero-order chi connectivity index (χ0) is 13.3. The molecule has 104 valence electrons. The van der Waals surface area contributed by atoms with Gasteiger partial charge in [0, 0.05) is 23.2 Å². The van der Waals surface area contributed by atoms with Crippen LogP contribution < -0.4 is 5.32 Å². The number of fused-ring (bicyclic) bond motifs is 1. The fourth-order valence-electron chi connectivity index (χ4n) is 2.65. The summed E-state index contributed by atoms with van der Waals surface area (Å²) < 4.78 is 0. The molecule has 0 amide bonds. The van der Waals surface area contributed by atoms with E-state index in [-0.39, 0.29) is 0 Å². The number of aliphatic hydroxyl groups is 1. The first-order valence-electron chi connectivity index (χ1n) is 6.63. The van der Waals surface area contributed by atoms with Crippen molar-refractivity contribution in [2.75, 3.05) is 23.8 Å². The van der Waals surface area contributed by atoms with Gasteiger partial charge in [-0.15, -0.1) is 11.8 Å². The first kappa shape index (κ1) is 14.1. The molecule has 2 aliphatic heterocycles. The lowest BCUT2D eigenvalue weighted by atomic mass is 10.00. The lowest BCUT2D eigenvalue weighted by molar-refractivity contribution is 0.0642. The maximum absolute atomic E-state index is 10.4. The summed E-state index contributed by atoms with van der Waals surface area (Å²) in [6.45, 7) is 0.682. The van der Waals surface area contributed by atoms with Crippen LogP contribution in [0.2, 0.25) is 5.02 Å². The van der Waals surface area contributed by atoms with Crippen molar-refractivity contribution in [1.29, 1.82) is 0 Å². The van der Waals surface area contributed by atoms with E-state index in [1.54, 1.807) is 0 Å². The second-order valence-electron chi connectivity index (χ2n) is 5.26. The van der Waals surface area contributed by atoms with E-state index in [0.717, 1.165) is 35.1 Å². The minimum absolute atomic E-state index is 0.324. The lowest BCUT2D eigenvalue weighted by Crippen LogP contribution is -2.42. The topological polar surface area (TPSA) is 32.3 Å². The highest BCUT2D eigenvalue weighted by Crippen LogP contribution is 2.40. The molecule has 1 fully saturated rings. The first-order valence-corrected chi connectivity index (χ1v) is 9.14. The number of nitrogens with one attached hydrogen (secondary N) is 1. The molecule has 0 aromatic heterocycles. The molecule has 5 heteroatoms. The highest BCUT2D eigenvalue weighted by molar-refractivity contribution is 7.99. The Balaban J connectivity index is 1.71. The van der Waals surface area contributed by atoms with Gasteiger partial charge in [-0.1, -0.05) is 23.7 Å². The van der Waals surface area contributed by atoms with Crippen molar-refractivity contribution in [1.82, 2.24) is 5.32 Å². The van der Waals surface area contributed by atoms with Gasteiger partial charge in [-0.3, -0.25) is 0 Å². The van der Waals surface area contributed by atoms with Gasteiger partial charge in [0.25, 0.3) is 0 Å². The minimum Gasteiger partial charge on any atom is -0.388 e. The van der Waals surface area contributed by atoms with Crippen LogP contribution in [0.1, 0.15) is 24.4 Å². The van der Waals surface area contributed by atoms with Crippen LogP contribution in [0.4, 0.5) is 0 Å². The average Bonchev–Trinajstić information content (AvgIpc) is 2.84. The molecule has 0 spiro atoms. The SMILES string of the molecule is OC1(CNC2CCSc3c(Cl)cccc32)CCSC1. The highest BCUT2D eigenvalue weighted by Gasteiger charge is 2.33. The fourth-order valence-corrected chi connectivity index (χ4v) is 5.43. The van der Waals surface area contributed by atoms with Crippen molar-refractivity contribution in [3.05, 3.63) is 28.8 Å². The quantitative estimate of drug-likeness (QED) is 0.896. The van der Waals surface area contributed by atoms with Crippen LogP contribution in [0.3, 0.4) is 0 Å². The molecule has 2 atom stereocenters. The average molecular weight is 316 g/mol. The van der Waals surface area contributed by atoms with Crippen molar-refractivity contribution in [3.8, 4) is 0 Å². The minimum atomic E-state index is -0.520. The van der Waals surface area contributed by atoms with Crippen LogP contribution in [0, 0.1) is 0 Å². The van der Waals surface area contributed by atoms with E-state index in [0.29, 0.717) is 12.6 Å². The van der Waals surface area contributed by atoms with Crippen LogP contribution in [-0.2, 0) is 0 Å². The molecular weight excluding hydrogens is 298 g/mol. The van der Waals surface area contributed by atoms with E-state index < -0.39 is 5.60 Å². The normalized spacial score (nSPS) is 30.3. The van der Waals surface area contributed by atoms with Gasteiger partial charge in [0.05, 0.1) is 10.6 Å². The molecule has 2 heterocycles. The highest BCUT2D eigenvalue weighted by atomic mass is 35.5. The van der Waals surface area contributed by atoms with Gasteiger partial charge in [0.1, 0.15) is 0 Å². The molecule has 19 heavy (non-hydrogen) atoms. The number of hydrogen-bond donors (Lipinski definition) is 2. The summed E-state index contributed by atoms with van der Waals surface area (Å²) in [5.74, 6) is 3.01. The van der Waals surface area contributed by atoms with Gasteiger partial charge in [-0.05, 0) is 36.0 Å². The molecule has 0 aliphatic carbocycles. The second-order valence-corrected chi connectivity index (χ2v) is 7.87. The summed E-state index contributed by atoms with van der Waals surface area (Å²) in [5, 5.41) is 14.8. The lowest BCUT2D eigenvalue weighted by Gasteiger charge is -2.30. The number of rotatable bonds is 3. The predicted octanol–water partition coefficient (Wildman–Crippen LogP) is 3.33. The van der Waals surface area contributed by atoms with E-state index in [2.05, 4.69) is 11.4 Å². The number of thioether (sulfide) groups is 2. The van der Waals surface area contributed by atoms with E-state index in [1.807, 2.05) is 35.7 Å². The largest absolute Gasteiger partial charge is 0.388 e. The Labute approximate surface area is 127 Å². The molecule has 2 unspecified atom stereocenters. The number of hydrogen-bond acceptors (Lipinski definition) is 4. The summed E-state index contributed by atoms with van der Waals surface area (Å²) in [7, 11) is 0. The third-order valence-corrected chi connectivity index (χ3v) is 6.63. The Morgan fingerprint density at radius 1 is 1.42 bits per heavy atom. The Hall–Kier alpha value is 0.130. The van der Waals surface area contributed by atoms with Crippen molar-refractivity contribution in [3.63, 3.8) is 0 Å². The maximum Gasteiger partial charge on any atom is 0.0869 e. The van der Waals surface area contributed by atoms with Crippen molar-refractivity contribution in [2.45, 2.75) is 29.4 Å². The smallest absolute Gasteiger partial charge is 0.0869 e. The second kappa shape index (κ2) is 5.86. The van der Waals surface area contributed by atoms with Gasteiger partial charge < -0.3 is 10.4 Å². The number of halogens is 1. The molecule has 2 aliphatic rings. The van der Waals surface area contributed by atoms with Gasteiger partial charge in [0.2, 0.25) is 0 Å². The van der Waals surface area contributed by atoms with Gasteiger partial charge >= 0.3 is 0 Å². The maximum atomic E-state index is 10.4. The Morgan fingerprint density at radius 3 is 3.11 bits per heavy atom. The van der Waals surface area contributed by atoms with E-state index in [9.17, 15) is 5.11 Å². The summed E-state index contributed by atoms with van der Waals surface area (Å²) in [6, 6.07) is 6.45. The van der Waals surface area contributed by atoms with Crippen molar-refractivity contribution < 1.29 is 5.11 Å².